The molecule has 0 unspecified atom stereocenters. The van der Waals surface area contributed by atoms with Crippen LogP contribution in [0.4, 0.5) is 0 Å². The molecule has 128 valence electrons. The van der Waals surface area contributed by atoms with E-state index >= 15 is 0 Å². The van der Waals surface area contributed by atoms with Gasteiger partial charge >= 0.3 is 0 Å². The number of hydrogen-bond acceptors (Lipinski definition) is 7. The van der Waals surface area contributed by atoms with Gasteiger partial charge in [-0.25, -0.2) is 4.98 Å². The topological polar surface area (TPSA) is 73.3 Å². The van der Waals surface area contributed by atoms with Crippen LogP contribution in [0.3, 0.4) is 0 Å². The summed E-state index contributed by atoms with van der Waals surface area (Å²) in [6.45, 7) is 2.96. The van der Waals surface area contributed by atoms with Gasteiger partial charge in [-0.15, -0.1) is 11.3 Å². The fraction of sp³-hybridized carbons (Fsp3) is 0.438. The second kappa shape index (κ2) is 7.96. The van der Waals surface area contributed by atoms with Crippen molar-refractivity contribution in [3.05, 3.63) is 35.1 Å². The molecule has 1 fully saturated rings. The Balaban J connectivity index is 1.65. The van der Waals surface area contributed by atoms with Crippen molar-refractivity contribution in [1.29, 1.82) is 0 Å². The second-order valence-electron chi connectivity index (χ2n) is 5.44. The molecule has 24 heavy (non-hydrogen) atoms. The van der Waals surface area contributed by atoms with E-state index in [1.165, 1.54) is 23.1 Å². The molecule has 0 spiro atoms. The van der Waals surface area contributed by atoms with E-state index in [1.807, 2.05) is 25.3 Å². The summed E-state index contributed by atoms with van der Waals surface area (Å²) in [7, 11) is 0. The van der Waals surface area contributed by atoms with Crippen LogP contribution in [0.5, 0.6) is 5.75 Å². The maximum Gasteiger partial charge on any atom is 0.271 e. The van der Waals surface area contributed by atoms with E-state index < -0.39 is 0 Å². The molecule has 1 N–H and O–H groups in total. The number of amides is 1. The van der Waals surface area contributed by atoms with Gasteiger partial charge in [-0.05, 0) is 31.7 Å². The van der Waals surface area contributed by atoms with E-state index in [0.29, 0.717) is 31.1 Å². The highest BCUT2D eigenvalue weighted by atomic mass is 32.2. The Kier molecular flexibility index (Phi) is 5.70. The number of aromatic nitrogens is 2. The minimum Gasteiger partial charge on any atom is -0.484 e. The zero-order chi connectivity index (χ0) is 16.9. The smallest absolute Gasteiger partial charge is 0.271 e. The average Bonchev–Trinajstić information content (AvgIpc) is 3.08. The molecule has 2 aromatic heterocycles. The van der Waals surface area contributed by atoms with E-state index in [2.05, 4.69) is 15.3 Å². The number of ether oxygens (including phenoxy) is 2. The fourth-order valence-corrected chi connectivity index (χ4v) is 3.63. The number of carbonyl (C=O) groups excluding carboxylic acids is 1. The molecule has 0 aromatic carbocycles. The molecular weight excluding hydrogens is 346 g/mol. The lowest BCUT2D eigenvalue weighted by Crippen LogP contribution is -2.51. The quantitative estimate of drug-likeness (QED) is 0.821. The van der Waals surface area contributed by atoms with Gasteiger partial charge in [0.15, 0.2) is 0 Å². The second-order valence-corrected chi connectivity index (χ2v) is 7.35. The molecule has 0 bridgehead atoms. The third-order valence-electron chi connectivity index (χ3n) is 3.68. The summed E-state index contributed by atoms with van der Waals surface area (Å²) in [5.41, 5.74) is 1.38. The van der Waals surface area contributed by atoms with Crippen molar-refractivity contribution in [2.75, 3.05) is 19.5 Å². The zero-order valence-corrected chi connectivity index (χ0v) is 15.2. The molecule has 0 radical (unpaired) electrons. The Morgan fingerprint density at radius 3 is 3.08 bits per heavy atom. The van der Waals surface area contributed by atoms with Crippen LogP contribution in [0.2, 0.25) is 0 Å². The summed E-state index contributed by atoms with van der Waals surface area (Å²) in [6, 6.07) is 3.65. The highest BCUT2D eigenvalue weighted by Gasteiger charge is 2.29. The molecule has 1 saturated heterocycles. The van der Waals surface area contributed by atoms with Crippen molar-refractivity contribution >= 4 is 29.0 Å². The Morgan fingerprint density at radius 2 is 2.38 bits per heavy atom. The number of rotatable bonds is 5. The first-order chi connectivity index (χ1) is 11.7. The third-order valence-corrected chi connectivity index (χ3v) is 5.55. The maximum atomic E-state index is 12.4. The normalized spacial score (nSPS) is 20.6. The summed E-state index contributed by atoms with van der Waals surface area (Å²) in [6.07, 6.45) is 4.09. The van der Waals surface area contributed by atoms with Crippen LogP contribution in [0.1, 0.15) is 22.6 Å². The minimum atomic E-state index is -0.245. The Labute approximate surface area is 149 Å². The number of pyridine rings is 1. The van der Waals surface area contributed by atoms with Crippen molar-refractivity contribution in [3.8, 4) is 5.75 Å². The number of nitrogens with zero attached hydrogens (tertiary/aromatic N) is 2. The molecule has 3 rings (SSSR count). The van der Waals surface area contributed by atoms with Crippen molar-refractivity contribution in [3.63, 3.8) is 0 Å². The maximum absolute atomic E-state index is 12.4. The van der Waals surface area contributed by atoms with E-state index in [0.717, 1.165) is 10.0 Å². The van der Waals surface area contributed by atoms with E-state index in [9.17, 15) is 4.79 Å². The van der Waals surface area contributed by atoms with Gasteiger partial charge < -0.3 is 14.8 Å². The lowest BCUT2D eigenvalue weighted by atomic mass is 10.1. The van der Waals surface area contributed by atoms with Gasteiger partial charge in [0, 0.05) is 17.7 Å². The first-order valence-corrected chi connectivity index (χ1v) is 9.73. The molecule has 1 aliphatic rings. The molecule has 0 aliphatic carbocycles. The van der Waals surface area contributed by atoms with Crippen LogP contribution < -0.4 is 10.1 Å². The van der Waals surface area contributed by atoms with Gasteiger partial charge in [-0.3, -0.25) is 9.78 Å². The Hall–Kier alpha value is -1.64. The largest absolute Gasteiger partial charge is 0.484 e. The number of nitrogens with one attached hydrogen (secondary N) is 1. The molecular formula is C16H19N3O3S2. The van der Waals surface area contributed by atoms with Gasteiger partial charge in [0.05, 0.1) is 18.8 Å². The number of aryl methyl sites for hydroxylation is 1. The van der Waals surface area contributed by atoms with Crippen LogP contribution in [-0.2, 0) is 4.74 Å². The highest BCUT2D eigenvalue weighted by Crippen LogP contribution is 2.21. The minimum absolute atomic E-state index is 0.119. The van der Waals surface area contributed by atoms with Crippen molar-refractivity contribution in [1.82, 2.24) is 15.3 Å². The molecule has 1 aliphatic heterocycles. The summed E-state index contributed by atoms with van der Waals surface area (Å²) < 4.78 is 12.3. The monoisotopic (exact) mass is 365 g/mol. The summed E-state index contributed by atoms with van der Waals surface area (Å²) in [5.74, 6) is 0.503. The van der Waals surface area contributed by atoms with Crippen molar-refractivity contribution < 1.29 is 14.3 Å². The predicted molar refractivity (Wildman–Crippen MR) is 94.0 cm³/mol. The van der Waals surface area contributed by atoms with Crippen molar-refractivity contribution in [2.24, 2.45) is 0 Å². The van der Waals surface area contributed by atoms with Crippen LogP contribution >= 0.6 is 23.1 Å². The van der Waals surface area contributed by atoms with E-state index in [1.54, 1.807) is 11.6 Å². The number of hydrogen-bond donors (Lipinski definition) is 1. The molecule has 6 nitrogen and oxygen atoms in total. The van der Waals surface area contributed by atoms with E-state index in [-0.39, 0.29) is 18.1 Å². The molecule has 1 amide bonds. The van der Waals surface area contributed by atoms with Crippen LogP contribution in [-0.4, -0.2) is 47.5 Å². The van der Waals surface area contributed by atoms with Crippen molar-refractivity contribution in [2.45, 2.75) is 29.8 Å². The Morgan fingerprint density at radius 1 is 1.50 bits per heavy atom. The molecule has 0 saturated carbocycles. The fourth-order valence-electron chi connectivity index (χ4n) is 2.39. The number of thioether (sulfide) groups is 1. The van der Waals surface area contributed by atoms with Crippen LogP contribution in [0.25, 0.3) is 0 Å². The van der Waals surface area contributed by atoms with Gasteiger partial charge in [0.25, 0.3) is 5.91 Å². The van der Waals surface area contributed by atoms with Gasteiger partial charge in [0.2, 0.25) is 0 Å². The highest BCUT2D eigenvalue weighted by molar-refractivity contribution is 8.00. The van der Waals surface area contributed by atoms with Crippen LogP contribution in [0, 0.1) is 6.92 Å². The number of carbonyl (C=O) groups is 1. The third kappa shape index (κ3) is 4.25. The van der Waals surface area contributed by atoms with E-state index in [4.69, 9.17) is 9.47 Å². The van der Waals surface area contributed by atoms with Gasteiger partial charge in [-0.1, -0.05) is 11.8 Å². The summed E-state index contributed by atoms with van der Waals surface area (Å²) in [5, 5.41) is 4.80. The molecule has 2 aromatic rings. The van der Waals surface area contributed by atoms with Crippen LogP contribution in [0.15, 0.2) is 28.0 Å². The predicted octanol–water partition coefficient (Wildman–Crippen LogP) is 2.53. The SMILES string of the molecule is CSc1nc(C(=O)N[C@@H]2CCOC[C@@H]2Oc2ccc(C)nc2)cs1. The summed E-state index contributed by atoms with van der Waals surface area (Å²) >= 11 is 3.00. The lowest BCUT2D eigenvalue weighted by Gasteiger charge is -2.32. The molecule has 8 heteroatoms. The first kappa shape index (κ1) is 17.2. The zero-order valence-electron chi connectivity index (χ0n) is 13.5. The van der Waals surface area contributed by atoms with Gasteiger partial charge in [0.1, 0.15) is 21.9 Å². The Bertz CT molecular complexity index is 690. The number of thiazole rings is 1. The molecule has 2 atom stereocenters. The molecule has 3 heterocycles. The van der Waals surface area contributed by atoms with Gasteiger partial charge in [-0.2, -0.15) is 0 Å². The summed E-state index contributed by atoms with van der Waals surface area (Å²) in [4.78, 5) is 20.9. The lowest BCUT2D eigenvalue weighted by molar-refractivity contribution is -0.0136. The average molecular weight is 365 g/mol. The standard InChI is InChI=1S/C16H19N3O3S2/c1-10-3-4-11(7-17-10)22-14-8-21-6-5-12(14)18-15(20)13-9-24-16(19-13)23-2/h3-4,7,9,12,14H,5-6,8H2,1-2H3,(H,18,20)/t12-,14+/m1/s1. The first-order valence-electron chi connectivity index (χ1n) is 7.63.